The van der Waals surface area contributed by atoms with Gasteiger partial charge in [0.1, 0.15) is 0 Å². The molecule has 0 aromatic carbocycles. The smallest absolute Gasteiger partial charge is 0.307 e. The lowest BCUT2D eigenvalue weighted by Crippen LogP contribution is -2.34. The summed E-state index contributed by atoms with van der Waals surface area (Å²) in [6.07, 6.45) is 6.34. The van der Waals surface area contributed by atoms with Gasteiger partial charge in [-0.3, -0.25) is 9.59 Å². The quantitative estimate of drug-likeness (QED) is 0.429. The molecular weight excluding hydrogens is 344 g/mol. The zero-order valence-corrected chi connectivity index (χ0v) is 17.9. The van der Waals surface area contributed by atoms with Crippen molar-refractivity contribution in [2.45, 2.75) is 71.8 Å². The third-order valence-corrected chi connectivity index (χ3v) is 5.59. The van der Waals surface area contributed by atoms with Crippen LogP contribution >= 0.6 is 0 Å². The molecular formula is C21H40N2O4. The summed E-state index contributed by atoms with van der Waals surface area (Å²) in [5, 5.41) is 0. The second kappa shape index (κ2) is 13.9. The van der Waals surface area contributed by atoms with Gasteiger partial charge in [0, 0.05) is 19.1 Å². The molecule has 27 heavy (non-hydrogen) atoms. The van der Waals surface area contributed by atoms with Crippen LogP contribution in [0.1, 0.15) is 65.7 Å². The van der Waals surface area contributed by atoms with Crippen LogP contribution in [-0.2, 0) is 19.1 Å². The number of carbonyl (C=O) groups is 2. The van der Waals surface area contributed by atoms with Crippen molar-refractivity contribution < 1.29 is 19.1 Å². The van der Waals surface area contributed by atoms with Crippen LogP contribution in [0.3, 0.4) is 0 Å². The minimum absolute atomic E-state index is 0.141. The summed E-state index contributed by atoms with van der Waals surface area (Å²) in [6.45, 7) is 10.4. The minimum Gasteiger partial charge on any atom is -0.466 e. The van der Waals surface area contributed by atoms with Gasteiger partial charge in [0.05, 0.1) is 26.1 Å². The average Bonchev–Trinajstić information content (AvgIpc) is 3.06. The minimum atomic E-state index is -0.170. The maximum atomic E-state index is 12.0. The second-order valence-corrected chi connectivity index (χ2v) is 7.73. The highest BCUT2D eigenvalue weighted by atomic mass is 16.5. The molecule has 2 atom stereocenters. The van der Waals surface area contributed by atoms with Crippen molar-refractivity contribution in [3.8, 4) is 0 Å². The number of hydrogen-bond donors (Lipinski definition) is 0. The molecule has 1 heterocycles. The Hall–Kier alpha value is -1.14. The Morgan fingerprint density at radius 2 is 1.78 bits per heavy atom. The summed E-state index contributed by atoms with van der Waals surface area (Å²) < 4.78 is 10.4. The van der Waals surface area contributed by atoms with Gasteiger partial charge >= 0.3 is 11.9 Å². The van der Waals surface area contributed by atoms with Gasteiger partial charge in [-0.1, -0.05) is 20.3 Å². The van der Waals surface area contributed by atoms with E-state index in [1.807, 2.05) is 6.92 Å². The van der Waals surface area contributed by atoms with E-state index in [-0.39, 0.29) is 11.9 Å². The molecule has 0 saturated carbocycles. The first-order valence-electron chi connectivity index (χ1n) is 10.7. The number of hydrogen-bond acceptors (Lipinski definition) is 6. The third kappa shape index (κ3) is 10.7. The Balaban J connectivity index is 2.37. The van der Waals surface area contributed by atoms with E-state index in [0.29, 0.717) is 51.1 Å². The van der Waals surface area contributed by atoms with Crippen LogP contribution in [0.25, 0.3) is 0 Å². The third-order valence-electron chi connectivity index (χ3n) is 5.59. The van der Waals surface area contributed by atoms with Gasteiger partial charge < -0.3 is 19.3 Å². The number of esters is 2. The Morgan fingerprint density at radius 3 is 2.33 bits per heavy atom. The van der Waals surface area contributed by atoms with Crippen LogP contribution < -0.4 is 0 Å². The van der Waals surface area contributed by atoms with Gasteiger partial charge in [0.15, 0.2) is 0 Å². The van der Waals surface area contributed by atoms with Crippen LogP contribution in [0.5, 0.6) is 0 Å². The summed E-state index contributed by atoms with van der Waals surface area (Å²) in [6, 6.07) is 0.609. The second-order valence-electron chi connectivity index (χ2n) is 7.73. The molecule has 158 valence electrons. The number of ether oxygens (including phenoxy) is 2. The van der Waals surface area contributed by atoms with Crippen molar-refractivity contribution >= 4 is 11.9 Å². The SMILES string of the molecule is CCOC(=O)CCN(CCC(=O)OCCC(C)CC)CCC1CCCN1C. The summed E-state index contributed by atoms with van der Waals surface area (Å²) in [5.41, 5.74) is 0. The zero-order valence-electron chi connectivity index (χ0n) is 17.9. The molecule has 0 aliphatic carbocycles. The highest BCUT2D eigenvalue weighted by Gasteiger charge is 2.22. The first-order chi connectivity index (χ1) is 13.0. The Morgan fingerprint density at radius 1 is 1.11 bits per heavy atom. The molecule has 1 fully saturated rings. The molecule has 6 nitrogen and oxygen atoms in total. The molecule has 0 bridgehead atoms. The van der Waals surface area contributed by atoms with E-state index in [9.17, 15) is 9.59 Å². The molecule has 0 N–H and O–H groups in total. The van der Waals surface area contributed by atoms with Crippen molar-refractivity contribution in [1.82, 2.24) is 9.80 Å². The molecule has 0 radical (unpaired) electrons. The Bertz CT molecular complexity index is 430. The van der Waals surface area contributed by atoms with Gasteiger partial charge in [-0.2, -0.15) is 0 Å². The van der Waals surface area contributed by atoms with E-state index in [4.69, 9.17) is 9.47 Å². The van der Waals surface area contributed by atoms with E-state index in [1.165, 1.54) is 12.8 Å². The molecule has 1 saturated heterocycles. The van der Waals surface area contributed by atoms with Gasteiger partial charge in [-0.15, -0.1) is 0 Å². The lowest BCUT2D eigenvalue weighted by Gasteiger charge is -2.26. The van der Waals surface area contributed by atoms with E-state index < -0.39 is 0 Å². The normalized spacial score (nSPS) is 18.6. The standard InChI is InChI=1S/C21H40N2O4/c1-5-18(3)12-17-27-21(25)11-16-23(15-10-20(24)26-6-2)14-9-19-8-7-13-22(19)4/h18-19H,5-17H2,1-4H3. The van der Waals surface area contributed by atoms with Crippen molar-refractivity contribution in [1.29, 1.82) is 0 Å². The fraction of sp³-hybridized carbons (Fsp3) is 0.905. The molecule has 0 aromatic heterocycles. The topological polar surface area (TPSA) is 59.1 Å². The van der Waals surface area contributed by atoms with Crippen molar-refractivity contribution in [3.63, 3.8) is 0 Å². The Kier molecular flexibility index (Phi) is 12.3. The fourth-order valence-electron chi connectivity index (χ4n) is 3.39. The van der Waals surface area contributed by atoms with Crippen LogP contribution in [0.15, 0.2) is 0 Å². The summed E-state index contributed by atoms with van der Waals surface area (Å²) in [7, 11) is 2.18. The molecule has 1 rings (SSSR count). The number of nitrogens with zero attached hydrogens (tertiary/aromatic N) is 2. The molecule has 0 spiro atoms. The fourth-order valence-corrected chi connectivity index (χ4v) is 3.39. The summed E-state index contributed by atoms with van der Waals surface area (Å²) in [4.78, 5) is 28.3. The van der Waals surface area contributed by atoms with E-state index in [2.05, 4.69) is 30.7 Å². The molecule has 2 unspecified atom stereocenters. The highest BCUT2D eigenvalue weighted by Crippen LogP contribution is 2.18. The number of likely N-dealkylation sites (tertiary alicyclic amines) is 1. The van der Waals surface area contributed by atoms with Crippen LogP contribution in [0.4, 0.5) is 0 Å². The lowest BCUT2D eigenvalue weighted by molar-refractivity contribution is -0.144. The number of carbonyl (C=O) groups excluding carboxylic acids is 2. The van der Waals surface area contributed by atoms with Crippen molar-refractivity contribution in [3.05, 3.63) is 0 Å². The summed E-state index contributed by atoms with van der Waals surface area (Å²) >= 11 is 0. The van der Waals surface area contributed by atoms with Crippen LogP contribution in [-0.4, -0.2) is 74.2 Å². The van der Waals surface area contributed by atoms with Crippen molar-refractivity contribution in [2.24, 2.45) is 5.92 Å². The predicted octanol–water partition coefficient (Wildman–Crippen LogP) is 3.10. The molecule has 1 aliphatic rings. The Labute approximate surface area is 165 Å². The largest absolute Gasteiger partial charge is 0.466 e. The van der Waals surface area contributed by atoms with Gasteiger partial charge in [0.2, 0.25) is 0 Å². The van der Waals surface area contributed by atoms with Crippen LogP contribution in [0.2, 0.25) is 0 Å². The average molecular weight is 385 g/mol. The lowest BCUT2D eigenvalue weighted by atomic mass is 10.1. The first-order valence-corrected chi connectivity index (χ1v) is 10.7. The maximum absolute atomic E-state index is 12.0. The first kappa shape index (κ1) is 23.9. The monoisotopic (exact) mass is 384 g/mol. The molecule has 0 aromatic rings. The highest BCUT2D eigenvalue weighted by molar-refractivity contribution is 5.70. The van der Waals surface area contributed by atoms with Crippen LogP contribution in [0, 0.1) is 5.92 Å². The number of rotatable bonds is 14. The molecule has 1 aliphatic heterocycles. The van der Waals surface area contributed by atoms with E-state index in [0.717, 1.165) is 32.4 Å². The van der Waals surface area contributed by atoms with Gasteiger partial charge in [-0.05, 0) is 58.7 Å². The van der Waals surface area contributed by atoms with Gasteiger partial charge in [-0.25, -0.2) is 0 Å². The molecule has 6 heteroatoms. The van der Waals surface area contributed by atoms with Gasteiger partial charge in [0.25, 0.3) is 0 Å². The summed E-state index contributed by atoms with van der Waals surface area (Å²) in [5.74, 6) is 0.274. The molecule has 0 amide bonds. The van der Waals surface area contributed by atoms with E-state index in [1.54, 1.807) is 0 Å². The van der Waals surface area contributed by atoms with E-state index >= 15 is 0 Å². The zero-order chi connectivity index (χ0) is 20.1. The predicted molar refractivity (Wildman–Crippen MR) is 108 cm³/mol. The maximum Gasteiger partial charge on any atom is 0.307 e. The van der Waals surface area contributed by atoms with Crippen molar-refractivity contribution in [2.75, 3.05) is 46.4 Å².